The van der Waals surface area contributed by atoms with Gasteiger partial charge in [-0.1, -0.05) is 6.92 Å². The predicted octanol–water partition coefficient (Wildman–Crippen LogP) is -0.643. The predicted molar refractivity (Wildman–Crippen MR) is 34.0 cm³/mol. The Hall–Kier alpha value is 0.374. The Labute approximate surface area is 71.0 Å². The second kappa shape index (κ2) is 6.11. The largest absolute Gasteiger partial charge is 0.396 e. The number of aliphatic hydroxyl groups excluding tert-OH is 3. The Morgan fingerprint density at radius 3 is 1.30 bits per heavy atom. The van der Waals surface area contributed by atoms with Gasteiger partial charge in [-0.2, -0.15) is 0 Å². The minimum absolute atomic E-state index is 0. The monoisotopic (exact) mass is 192 g/mol. The van der Waals surface area contributed by atoms with E-state index in [2.05, 4.69) is 0 Å². The van der Waals surface area contributed by atoms with Crippen molar-refractivity contribution in [2.75, 3.05) is 19.8 Å². The van der Waals surface area contributed by atoms with Crippen molar-refractivity contribution in [1.29, 1.82) is 0 Å². The van der Waals surface area contributed by atoms with Gasteiger partial charge in [0, 0.05) is 21.9 Å². The standard InChI is InChI=1S/C6H14O3.Ni/c1-2-6(3-7,4-8)5-9;/h7-9H,2-5H2,1H3;. The van der Waals surface area contributed by atoms with Gasteiger partial charge in [-0.25, -0.2) is 0 Å². The van der Waals surface area contributed by atoms with Gasteiger partial charge in [-0.3, -0.25) is 0 Å². The first-order chi connectivity index (χ1) is 4.24. The van der Waals surface area contributed by atoms with Gasteiger partial charge in [0.25, 0.3) is 0 Å². The van der Waals surface area contributed by atoms with Gasteiger partial charge in [0.1, 0.15) is 0 Å². The molecule has 0 aliphatic heterocycles. The van der Waals surface area contributed by atoms with E-state index in [1.807, 2.05) is 6.92 Å². The smallest absolute Gasteiger partial charge is 0.0531 e. The summed E-state index contributed by atoms with van der Waals surface area (Å²) in [5.74, 6) is 0. The van der Waals surface area contributed by atoms with Crippen LogP contribution in [-0.2, 0) is 16.5 Å². The minimum Gasteiger partial charge on any atom is -0.396 e. The fraction of sp³-hybridized carbons (Fsp3) is 1.00. The molecule has 0 aromatic rings. The van der Waals surface area contributed by atoms with Gasteiger partial charge in [0.05, 0.1) is 19.8 Å². The molecule has 0 aliphatic carbocycles. The van der Waals surface area contributed by atoms with Crippen LogP contribution in [0.1, 0.15) is 13.3 Å². The summed E-state index contributed by atoms with van der Waals surface area (Å²) in [4.78, 5) is 0. The van der Waals surface area contributed by atoms with Crippen LogP contribution in [0.3, 0.4) is 0 Å². The number of aliphatic hydroxyl groups is 3. The van der Waals surface area contributed by atoms with Crippen LogP contribution in [0.25, 0.3) is 0 Å². The van der Waals surface area contributed by atoms with E-state index in [0.29, 0.717) is 6.42 Å². The SMILES string of the molecule is CCC(CO)(CO)CO.[Ni]. The van der Waals surface area contributed by atoms with Crippen molar-refractivity contribution in [2.45, 2.75) is 13.3 Å². The molecule has 0 fully saturated rings. The quantitative estimate of drug-likeness (QED) is 0.520. The first kappa shape index (κ1) is 13.0. The summed E-state index contributed by atoms with van der Waals surface area (Å²) in [6, 6.07) is 0. The summed E-state index contributed by atoms with van der Waals surface area (Å²) in [5.41, 5.74) is -0.667. The van der Waals surface area contributed by atoms with E-state index in [1.54, 1.807) is 0 Å². The molecule has 0 aromatic heterocycles. The maximum Gasteiger partial charge on any atom is 0.0531 e. The fourth-order valence-corrected chi connectivity index (χ4v) is 0.485. The molecule has 66 valence electrons. The number of hydrogen-bond donors (Lipinski definition) is 3. The van der Waals surface area contributed by atoms with E-state index in [-0.39, 0.29) is 36.3 Å². The van der Waals surface area contributed by atoms with Crippen molar-refractivity contribution in [3.63, 3.8) is 0 Å². The van der Waals surface area contributed by atoms with E-state index in [0.717, 1.165) is 0 Å². The molecule has 0 unspecified atom stereocenters. The van der Waals surface area contributed by atoms with Gasteiger partial charge in [0.15, 0.2) is 0 Å². The van der Waals surface area contributed by atoms with E-state index < -0.39 is 5.41 Å². The molecule has 0 saturated carbocycles. The van der Waals surface area contributed by atoms with Crippen molar-refractivity contribution in [3.05, 3.63) is 0 Å². The van der Waals surface area contributed by atoms with Crippen LogP contribution in [-0.4, -0.2) is 35.1 Å². The summed E-state index contributed by atoms with van der Waals surface area (Å²) in [6.07, 6.45) is 0.594. The Morgan fingerprint density at radius 2 is 1.30 bits per heavy atom. The molecular weight excluding hydrogens is 179 g/mol. The van der Waals surface area contributed by atoms with Crippen LogP contribution < -0.4 is 0 Å². The Bertz CT molecular complexity index is 55.9. The zero-order valence-corrected chi connectivity index (χ0v) is 6.97. The van der Waals surface area contributed by atoms with E-state index in [1.165, 1.54) is 0 Å². The normalized spacial score (nSPS) is 10.8. The summed E-state index contributed by atoms with van der Waals surface area (Å²) in [7, 11) is 0. The van der Waals surface area contributed by atoms with Crippen LogP contribution in [0.4, 0.5) is 0 Å². The van der Waals surface area contributed by atoms with E-state index in [9.17, 15) is 0 Å². The molecule has 3 nitrogen and oxygen atoms in total. The van der Waals surface area contributed by atoms with Crippen LogP contribution in [0.2, 0.25) is 0 Å². The van der Waals surface area contributed by atoms with Crippen molar-refractivity contribution in [1.82, 2.24) is 0 Å². The Kier molecular flexibility index (Phi) is 7.94. The van der Waals surface area contributed by atoms with Gasteiger partial charge < -0.3 is 15.3 Å². The van der Waals surface area contributed by atoms with Gasteiger partial charge in [-0.15, -0.1) is 0 Å². The van der Waals surface area contributed by atoms with Crippen LogP contribution in [0, 0.1) is 5.41 Å². The summed E-state index contributed by atoms with van der Waals surface area (Å²) in [6.45, 7) is 1.35. The molecule has 0 spiro atoms. The molecule has 0 saturated heterocycles. The number of rotatable bonds is 4. The second-order valence-electron chi connectivity index (χ2n) is 2.33. The summed E-state index contributed by atoms with van der Waals surface area (Å²) in [5, 5.41) is 26.0. The molecule has 3 N–H and O–H groups in total. The minimum atomic E-state index is -0.667. The zero-order chi connectivity index (χ0) is 7.33. The van der Waals surface area contributed by atoms with Crippen LogP contribution >= 0.6 is 0 Å². The molecule has 0 atom stereocenters. The van der Waals surface area contributed by atoms with Crippen LogP contribution in [0.15, 0.2) is 0 Å². The van der Waals surface area contributed by atoms with Gasteiger partial charge in [0.2, 0.25) is 0 Å². The average Bonchev–Trinajstić information content (AvgIpc) is 1.95. The maximum atomic E-state index is 8.66. The van der Waals surface area contributed by atoms with E-state index in [4.69, 9.17) is 15.3 Å². The molecule has 10 heavy (non-hydrogen) atoms. The molecule has 0 heterocycles. The first-order valence-electron chi connectivity index (χ1n) is 3.07. The maximum absolute atomic E-state index is 8.66. The Morgan fingerprint density at radius 1 is 1.00 bits per heavy atom. The molecule has 0 amide bonds. The third kappa shape index (κ3) is 2.97. The van der Waals surface area contributed by atoms with Gasteiger partial charge >= 0.3 is 0 Å². The fourth-order valence-electron chi connectivity index (χ4n) is 0.485. The van der Waals surface area contributed by atoms with Crippen molar-refractivity contribution >= 4 is 0 Å². The molecule has 0 rings (SSSR count). The first-order valence-corrected chi connectivity index (χ1v) is 3.07. The molecule has 0 aliphatic rings. The summed E-state index contributed by atoms with van der Waals surface area (Å²) >= 11 is 0. The molecular formula is C6H14NiO3. The van der Waals surface area contributed by atoms with Gasteiger partial charge in [-0.05, 0) is 6.42 Å². The van der Waals surface area contributed by atoms with E-state index >= 15 is 0 Å². The molecule has 0 radical (unpaired) electrons. The summed E-state index contributed by atoms with van der Waals surface area (Å²) < 4.78 is 0. The molecule has 4 heteroatoms. The van der Waals surface area contributed by atoms with Crippen LogP contribution in [0.5, 0.6) is 0 Å². The average molecular weight is 193 g/mol. The number of hydrogen-bond acceptors (Lipinski definition) is 3. The zero-order valence-electron chi connectivity index (χ0n) is 5.99. The molecule has 0 bridgehead atoms. The Balaban J connectivity index is 0. The van der Waals surface area contributed by atoms with Crippen molar-refractivity contribution in [3.8, 4) is 0 Å². The topological polar surface area (TPSA) is 60.7 Å². The van der Waals surface area contributed by atoms with Crippen molar-refractivity contribution in [2.24, 2.45) is 5.41 Å². The molecule has 0 aromatic carbocycles. The second-order valence-corrected chi connectivity index (χ2v) is 2.33. The third-order valence-corrected chi connectivity index (χ3v) is 1.76. The third-order valence-electron chi connectivity index (χ3n) is 1.76. The van der Waals surface area contributed by atoms with Crippen molar-refractivity contribution < 1.29 is 31.8 Å².